The maximum atomic E-state index is 13.7. The molecule has 1 aliphatic rings. The van der Waals surface area contributed by atoms with Crippen LogP contribution in [0.1, 0.15) is 5.56 Å². The summed E-state index contributed by atoms with van der Waals surface area (Å²) < 4.78 is 42.5. The van der Waals surface area contributed by atoms with Gasteiger partial charge in [0.2, 0.25) is 5.91 Å². The minimum absolute atomic E-state index is 0.0737. The first-order valence-electron chi connectivity index (χ1n) is 9.34. The van der Waals surface area contributed by atoms with Gasteiger partial charge in [-0.15, -0.1) is 10.2 Å². The second-order valence-electron chi connectivity index (χ2n) is 6.73. The van der Waals surface area contributed by atoms with E-state index in [4.69, 9.17) is 11.6 Å². The number of halogens is 4. The van der Waals surface area contributed by atoms with Crippen molar-refractivity contribution in [3.63, 3.8) is 0 Å². The van der Waals surface area contributed by atoms with Crippen LogP contribution in [0.3, 0.4) is 0 Å². The molecule has 3 amide bonds. The molecule has 1 N–H and O–H groups in total. The Kier molecular flexibility index (Phi) is 6.11. The number of urea groups is 1. The number of hydrogen-bond acceptors (Lipinski definition) is 5. The van der Waals surface area contributed by atoms with E-state index in [2.05, 4.69) is 15.5 Å². The molecule has 0 aliphatic carbocycles. The summed E-state index contributed by atoms with van der Waals surface area (Å²) in [5.74, 6) is -0.541. The molecule has 166 valence electrons. The highest BCUT2D eigenvalue weighted by molar-refractivity contribution is 7.99. The van der Waals surface area contributed by atoms with Crippen molar-refractivity contribution in [1.29, 1.82) is 0 Å². The molecule has 1 fully saturated rings. The first kappa shape index (κ1) is 22.2. The minimum Gasteiger partial charge on any atom is -0.336 e. The molecule has 2 aromatic carbocycles. The number of thioether (sulfide) groups is 1. The molecule has 4 rings (SSSR count). The number of carbonyl (C=O) groups is 2. The van der Waals surface area contributed by atoms with E-state index in [0.717, 1.165) is 22.7 Å². The zero-order chi connectivity index (χ0) is 22.9. The number of alkyl halides is 3. The van der Waals surface area contributed by atoms with E-state index < -0.39 is 23.7 Å². The van der Waals surface area contributed by atoms with Crippen LogP contribution in [0.2, 0.25) is 5.02 Å². The standard InChI is InChI=1S/C20H15ClF3N5O2S/c21-13-5-3-4-12(10-13)17-26-27-19(32-11-16(30)28-9-8-25-18(28)31)29(17)15-7-2-1-6-14(15)20(22,23)24/h1-7,10H,8-9,11H2,(H,25,31). The Morgan fingerprint density at radius 1 is 1.16 bits per heavy atom. The fraction of sp³-hybridized carbons (Fsp3) is 0.200. The van der Waals surface area contributed by atoms with E-state index in [-0.39, 0.29) is 29.0 Å². The molecular formula is C20H15ClF3N5O2S. The predicted molar refractivity (Wildman–Crippen MR) is 113 cm³/mol. The third-order valence-electron chi connectivity index (χ3n) is 4.65. The van der Waals surface area contributed by atoms with E-state index in [1.54, 1.807) is 24.3 Å². The summed E-state index contributed by atoms with van der Waals surface area (Å²) in [5.41, 5.74) is -0.608. The summed E-state index contributed by atoms with van der Waals surface area (Å²) in [5, 5.41) is 11.1. The maximum Gasteiger partial charge on any atom is 0.418 e. The van der Waals surface area contributed by atoms with Crippen molar-refractivity contribution < 1.29 is 22.8 Å². The Morgan fingerprint density at radius 3 is 2.62 bits per heavy atom. The molecule has 2 heterocycles. The molecule has 1 aliphatic heterocycles. The number of nitrogens with zero attached hydrogens (tertiary/aromatic N) is 4. The first-order valence-corrected chi connectivity index (χ1v) is 10.7. The van der Waals surface area contributed by atoms with Crippen molar-refractivity contribution in [1.82, 2.24) is 25.0 Å². The Labute approximate surface area is 189 Å². The SMILES string of the molecule is O=C(CSc1nnc(-c2cccc(Cl)c2)n1-c1ccccc1C(F)(F)F)N1CCNC1=O. The molecule has 12 heteroatoms. The highest BCUT2D eigenvalue weighted by atomic mass is 35.5. The third kappa shape index (κ3) is 4.44. The Morgan fingerprint density at radius 2 is 1.94 bits per heavy atom. The Bertz CT molecular complexity index is 1180. The van der Waals surface area contributed by atoms with Crippen LogP contribution in [0.15, 0.2) is 53.7 Å². The van der Waals surface area contributed by atoms with Crippen molar-refractivity contribution in [2.45, 2.75) is 11.3 Å². The Hall–Kier alpha value is -3.05. The van der Waals surface area contributed by atoms with Gasteiger partial charge in [0.1, 0.15) is 0 Å². The van der Waals surface area contributed by atoms with Crippen LogP contribution < -0.4 is 5.32 Å². The van der Waals surface area contributed by atoms with Gasteiger partial charge < -0.3 is 5.32 Å². The molecule has 1 saturated heterocycles. The van der Waals surface area contributed by atoms with Gasteiger partial charge in [-0.25, -0.2) is 4.79 Å². The first-order chi connectivity index (χ1) is 15.3. The average Bonchev–Trinajstić information content (AvgIpc) is 3.37. The van der Waals surface area contributed by atoms with Gasteiger partial charge in [0.15, 0.2) is 11.0 Å². The molecule has 0 saturated carbocycles. The lowest BCUT2D eigenvalue weighted by atomic mass is 10.1. The maximum absolute atomic E-state index is 13.7. The van der Waals surface area contributed by atoms with Crippen molar-refractivity contribution >= 4 is 35.3 Å². The normalized spacial score (nSPS) is 14.0. The minimum atomic E-state index is -4.63. The van der Waals surface area contributed by atoms with E-state index >= 15 is 0 Å². The summed E-state index contributed by atoms with van der Waals surface area (Å²) in [7, 11) is 0. The molecule has 0 atom stereocenters. The summed E-state index contributed by atoms with van der Waals surface area (Å²) in [6.45, 7) is 0.582. The zero-order valence-electron chi connectivity index (χ0n) is 16.3. The van der Waals surface area contributed by atoms with Crippen molar-refractivity contribution in [2.75, 3.05) is 18.8 Å². The van der Waals surface area contributed by atoms with Crippen LogP contribution in [0, 0.1) is 0 Å². The van der Waals surface area contributed by atoms with Gasteiger partial charge in [0.25, 0.3) is 0 Å². The lowest BCUT2D eigenvalue weighted by Crippen LogP contribution is -2.35. The third-order valence-corrected chi connectivity index (χ3v) is 5.80. The molecule has 0 unspecified atom stereocenters. The van der Waals surface area contributed by atoms with Gasteiger partial charge in [-0.2, -0.15) is 13.2 Å². The molecule has 0 radical (unpaired) electrons. The number of rotatable bonds is 5. The molecule has 1 aromatic heterocycles. The molecule has 7 nitrogen and oxygen atoms in total. The van der Waals surface area contributed by atoms with Crippen molar-refractivity contribution in [3.05, 3.63) is 59.1 Å². The van der Waals surface area contributed by atoms with Crippen LogP contribution in [-0.4, -0.2) is 50.4 Å². The molecule has 3 aromatic rings. The van der Waals surface area contributed by atoms with E-state index in [1.165, 1.54) is 22.8 Å². The molecule has 0 spiro atoms. The number of aromatic nitrogens is 3. The quantitative estimate of drug-likeness (QED) is 0.551. The summed E-state index contributed by atoms with van der Waals surface area (Å²) in [6, 6.07) is 11.0. The average molecular weight is 482 g/mol. The summed E-state index contributed by atoms with van der Waals surface area (Å²) in [4.78, 5) is 25.2. The number of nitrogens with one attached hydrogen (secondary N) is 1. The number of carbonyl (C=O) groups excluding carboxylic acids is 2. The van der Waals surface area contributed by atoms with Gasteiger partial charge in [0.05, 0.1) is 17.0 Å². The van der Waals surface area contributed by atoms with Crippen LogP contribution in [0.4, 0.5) is 18.0 Å². The largest absolute Gasteiger partial charge is 0.418 e. The van der Waals surface area contributed by atoms with Gasteiger partial charge in [-0.3, -0.25) is 14.3 Å². The fourth-order valence-electron chi connectivity index (χ4n) is 3.22. The van der Waals surface area contributed by atoms with E-state index in [1.807, 2.05) is 0 Å². The number of imide groups is 1. The van der Waals surface area contributed by atoms with Gasteiger partial charge >= 0.3 is 12.2 Å². The summed E-state index contributed by atoms with van der Waals surface area (Å²) >= 11 is 6.96. The number of benzene rings is 2. The number of para-hydroxylation sites is 1. The van der Waals surface area contributed by atoms with E-state index in [0.29, 0.717) is 17.1 Å². The van der Waals surface area contributed by atoms with Crippen LogP contribution in [-0.2, 0) is 11.0 Å². The van der Waals surface area contributed by atoms with Crippen LogP contribution in [0.5, 0.6) is 0 Å². The monoisotopic (exact) mass is 481 g/mol. The number of amides is 3. The lowest BCUT2D eigenvalue weighted by molar-refractivity contribution is -0.137. The predicted octanol–water partition coefficient (Wildman–Crippen LogP) is 4.25. The smallest absolute Gasteiger partial charge is 0.336 e. The van der Waals surface area contributed by atoms with Gasteiger partial charge in [-0.1, -0.05) is 47.6 Å². The van der Waals surface area contributed by atoms with Gasteiger partial charge in [0, 0.05) is 23.7 Å². The molecule has 32 heavy (non-hydrogen) atoms. The Balaban J connectivity index is 1.77. The lowest BCUT2D eigenvalue weighted by Gasteiger charge is -2.17. The second-order valence-corrected chi connectivity index (χ2v) is 8.11. The molecular weight excluding hydrogens is 467 g/mol. The summed E-state index contributed by atoms with van der Waals surface area (Å²) in [6.07, 6.45) is -4.63. The topological polar surface area (TPSA) is 80.1 Å². The van der Waals surface area contributed by atoms with Gasteiger partial charge in [-0.05, 0) is 24.3 Å². The van der Waals surface area contributed by atoms with Crippen molar-refractivity contribution in [3.8, 4) is 17.1 Å². The van der Waals surface area contributed by atoms with Crippen molar-refractivity contribution in [2.24, 2.45) is 0 Å². The second kappa shape index (κ2) is 8.83. The highest BCUT2D eigenvalue weighted by Gasteiger charge is 2.35. The molecule has 0 bridgehead atoms. The van der Waals surface area contributed by atoms with Crippen LogP contribution in [0.25, 0.3) is 17.1 Å². The highest BCUT2D eigenvalue weighted by Crippen LogP contribution is 2.37. The zero-order valence-corrected chi connectivity index (χ0v) is 17.8. The fourth-order valence-corrected chi connectivity index (χ4v) is 4.23. The van der Waals surface area contributed by atoms with Crippen LogP contribution >= 0.6 is 23.4 Å². The van der Waals surface area contributed by atoms with E-state index in [9.17, 15) is 22.8 Å². The number of hydrogen-bond donors (Lipinski definition) is 1.